The van der Waals surface area contributed by atoms with Crippen molar-refractivity contribution < 1.29 is 4.79 Å². The third-order valence-electron chi connectivity index (χ3n) is 3.56. The number of nitrogens with zero attached hydrogens (tertiary/aromatic N) is 1. The van der Waals surface area contributed by atoms with E-state index in [-0.39, 0.29) is 17.9 Å². The predicted molar refractivity (Wildman–Crippen MR) is 82.7 cm³/mol. The zero-order chi connectivity index (χ0) is 14.0. The van der Waals surface area contributed by atoms with Crippen molar-refractivity contribution in [1.82, 2.24) is 5.32 Å². The van der Waals surface area contributed by atoms with Gasteiger partial charge in [-0.05, 0) is 38.1 Å². The highest BCUT2D eigenvalue weighted by Gasteiger charge is 2.29. The maximum atomic E-state index is 12.3. The topological polar surface area (TPSA) is 44.4 Å². The van der Waals surface area contributed by atoms with Crippen molar-refractivity contribution in [2.45, 2.75) is 19.4 Å². The van der Waals surface area contributed by atoms with E-state index in [2.05, 4.69) is 33.5 Å². The Morgan fingerprint density at radius 1 is 1.47 bits per heavy atom. The lowest BCUT2D eigenvalue weighted by molar-refractivity contribution is -0.119. The number of nitrogens with one attached hydrogen (secondary N) is 2. The van der Waals surface area contributed by atoms with Crippen LogP contribution in [0.2, 0.25) is 0 Å². The summed E-state index contributed by atoms with van der Waals surface area (Å²) in [5.41, 5.74) is 1.86. The molecule has 1 aromatic carbocycles. The Morgan fingerprint density at radius 2 is 2.21 bits per heavy atom. The van der Waals surface area contributed by atoms with Crippen LogP contribution in [0.1, 0.15) is 13.3 Å². The van der Waals surface area contributed by atoms with E-state index in [1.165, 1.54) is 0 Å². The van der Waals surface area contributed by atoms with Gasteiger partial charge in [-0.3, -0.25) is 4.79 Å². The Hall–Kier alpha value is -1.07. The van der Waals surface area contributed by atoms with Crippen molar-refractivity contribution in [2.75, 3.05) is 30.9 Å². The van der Waals surface area contributed by atoms with Crippen LogP contribution in [-0.4, -0.2) is 32.6 Å². The van der Waals surface area contributed by atoms with E-state index in [4.69, 9.17) is 0 Å². The highest BCUT2D eigenvalue weighted by atomic mass is 79.9. The van der Waals surface area contributed by atoms with E-state index in [1.807, 2.05) is 37.2 Å². The second-order valence-electron chi connectivity index (χ2n) is 5.18. The quantitative estimate of drug-likeness (QED) is 0.897. The molecule has 1 aliphatic rings. The van der Waals surface area contributed by atoms with Crippen LogP contribution in [0.25, 0.3) is 0 Å². The van der Waals surface area contributed by atoms with Crippen molar-refractivity contribution in [3.63, 3.8) is 0 Å². The highest BCUT2D eigenvalue weighted by molar-refractivity contribution is 9.10. The fraction of sp³-hybridized carbons (Fsp3) is 0.500. The van der Waals surface area contributed by atoms with E-state index in [0.717, 1.165) is 28.8 Å². The third-order valence-corrected chi connectivity index (χ3v) is 4.05. The number of halogens is 1. The Morgan fingerprint density at radius 3 is 2.79 bits per heavy atom. The molecule has 0 aromatic heterocycles. The van der Waals surface area contributed by atoms with Crippen molar-refractivity contribution in [3.8, 4) is 0 Å². The molecule has 1 heterocycles. The highest BCUT2D eigenvalue weighted by Crippen LogP contribution is 2.29. The van der Waals surface area contributed by atoms with Gasteiger partial charge in [-0.15, -0.1) is 0 Å². The standard InChI is InChI=1S/C14H20BrN3O/c1-9-11(6-7-16-9)14(19)17-12-8-10(15)4-5-13(12)18(2)3/h4-5,8-9,11,16H,6-7H2,1-3H3,(H,17,19). The summed E-state index contributed by atoms with van der Waals surface area (Å²) in [4.78, 5) is 14.3. The summed E-state index contributed by atoms with van der Waals surface area (Å²) in [7, 11) is 3.94. The van der Waals surface area contributed by atoms with E-state index < -0.39 is 0 Å². The first-order chi connectivity index (χ1) is 8.99. The van der Waals surface area contributed by atoms with Crippen LogP contribution in [0, 0.1) is 5.92 Å². The maximum absolute atomic E-state index is 12.3. The number of amides is 1. The molecule has 0 radical (unpaired) electrons. The van der Waals surface area contributed by atoms with Gasteiger partial charge < -0.3 is 15.5 Å². The van der Waals surface area contributed by atoms with Crippen molar-refractivity contribution in [2.24, 2.45) is 5.92 Å². The first kappa shape index (κ1) is 14.3. The summed E-state index contributed by atoms with van der Waals surface area (Å²) in [6.45, 7) is 2.98. The summed E-state index contributed by atoms with van der Waals surface area (Å²) in [6.07, 6.45) is 0.901. The lowest BCUT2D eigenvalue weighted by atomic mass is 10.0. The van der Waals surface area contributed by atoms with E-state index in [0.29, 0.717) is 0 Å². The molecular formula is C14H20BrN3O. The van der Waals surface area contributed by atoms with Crippen LogP contribution in [0.5, 0.6) is 0 Å². The molecule has 2 N–H and O–H groups in total. The Balaban J connectivity index is 2.18. The van der Waals surface area contributed by atoms with Gasteiger partial charge in [0.25, 0.3) is 0 Å². The Labute approximate surface area is 122 Å². The molecule has 104 valence electrons. The van der Waals surface area contributed by atoms with Crippen LogP contribution < -0.4 is 15.5 Å². The molecule has 1 aromatic rings. The lowest BCUT2D eigenvalue weighted by Crippen LogP contribution is -2.32. The van der Waals surface area contributed by atoms with Gasteiger partial charge in [0.05, 0.1) is 17.3 Å². The van der Waals surface area contributed by atoms with Crippen LogP contribution in [0.15, 0.2) is 22.7 Å². The number of anilines is 2. The normalized spacial score (nSPS) is 22.3. The summed E-state index contributed by atoms with van der Waals surface area (Å²) in [5, 5.41) is 6.36. The second-order valence-corrected chi connectivity index (χ2v) is 6.10. The number of benzene rings is 1. The Bertz CT molecular complexity index is 476. The largest absolute Gasteiger partial charge is 0.376 e. The molecule has 1 amide bonds. The number of carbonyl (C=O) groups is 1. The van der Waals surface area contributed by atoms with Gasteiger partial charge >= 0.3 is 0 Å². The van der Waals surface area contributed by atoms with Crippen molar-refractivity contribution >= 4 is 33.2 Å². The average Bonchev–Trinajstić information content (AvgIpc) is 2.75. The van der Waals surface area contributed by atoms with Crippen LogP contribution in [0.4, 0.5) is 11.4 Å². The van der Waals surface area contributed by atoms with Gasteiger partial charge in [-0.1, -0.05) is 15.9 Å². The van der Waals surface area contributed by atoms with Crippen LogP contribution in [0.3, 0.4) is 0 Å². The number of hydrogen-bond acceptors (Lipinski definition) is 3. The number of hydrogen-bond donors (Lipinski definition) is 2. The molecule has 19 heavy (non-hydrogen) atoms. The molecule has 0 spiro atoms. The van der Waals surface area contributed by atoms with Gasteiger partial charge in [-0.25, -0.2) is 0 Å². The first-order valence-electron chi connectivity index (χ1n) is 6.50. The molecule has 2 rings (SSSR count). The molecule has 4 nitrogen and oxygen atoms in total. The molecular weight excluding hydrogens is 306 g/mol. The fourth-order valence-corrected chi connectivity index (χ4v) is 2.80. The molecule has 0 bridgehead atoms. The molecule has 1 aliphatic heterocycles. The van der Waals surface area contributed by atoms with Crippen LogP contribution in [-0.2, 0) is 4.79 Å². The van der Waals surface area contributed by atoms with Gasteiger partial charge in [0.2, 0.25) is 5.91 Å². The minimum Gasteiger partial charge on any atom is -0.376 e. The summed E-state index contributed by atoms with van der Waals surface area (Å²) < 4.78 is 0.964. The van der Waals surface area contributed by atoms with Gasteiger partial charge in [-0.2, -0.15) is 0 Å². The molecule has 0 aliphatic carbocycles. The van der Waals surface area contributed by atoms with Gasteiger partial charge in [0.1, 0.15) is 0 Å². The third kappa shape index (κ3) is 3.28. The zero-order valence-corrected chi connectivity index (χ0v) is 13.1. The molecule has 0 saturated carbocycles. The number of rotatable bonds is 3. The molecule has 5 heteroatoms. The summed E-state index contributed by atoms with van der Waals surface area (Å²) in [5.74, 6) is 0.146. The van der Waals surface area contributed by atoms with E-state index >= 15 is 0 Å². The minimum absolute atomic E-state index is 0.0500. The van der Waals surface area contributed by atoms with E-state index in [1.54, 1.807) is 0 Å². The van der Waals surface area contributed by atoms with Crippen LogP contribution >= 0.6 is 15.9 Å². The zero-order valence-electron chi connectivity index (χ0n) is 11.5. The SMILES string of the molecule is CC1NCCC1C(=O)Nc1cc(Br)ccc1N(C)C. The van der Waals surface area contributed by atoms with Crippen molar-refractivity contribution in [1.29, 1.82) is 0 Å². The van der Waals surface area contributed by atoms with Gasteiger partial charge in [0, 0.05) is 24.6 Å². The molecule has 1 fully saturated rings. The van der Waals surface area contributed by atoms with Gasteiger partial charge in [0.15, 0.2) is 0 Å². The number of carbonyl (C=O) groups excluding carboxylic acids is 1. The molecule has 2 unspecified atom stereocenters. The summed E-state index contributed by atoms with van der Waals surface area (Å²) in [6, 6.07) is 6.16. The van der Waals surface area contributed by atoms with E-state index in [9.17, 15) is 4.79 Å². The molecule has 2 atom stereocenters. The minimum atomic E-state index is 0.0500. The Kier molecular flexibility index (Phi) is 4.47. The van der Waals surface area contributed by atoms with Crippen molar-refractivity contribution in [3.05, 3.63) is 22.7 Å². The first-order valence-corrected chi connectivity index (χ1v) is 7.29. The lowest BCUT2D eigenvalue weighted by Gasteiger charge is -2.20. The monoisotopic (exact) mass is 325 g/mol. The summed E-state index contributed by atoms with van der Waals surface area (Å²) >= 11 is 3.45. The fourth-order valence-electron chi connectivity index (χ4n) is 2.44. The average molecular weight is 326 g/mol. The molecule has 1 saturated heterocycles. The maximum Gasteiger partial charge on any atom is 0.229 e. The smallest absolute Gasteiger partial charge is 0.229 e. The second kappa shape index (κ2) is 5.92. The predicted octanol–water partition coefficient (Wildman–Crippen LogP) is 2.45.